The van der Waals surface area contributed by atoms with Crippen molar-refractivity contribution in [2.24, 2.45) is 5.92 Å². The molecule has 0 spiro atoms. The molecule has 1 aliphatic carbocycles. The minimum Gasteiger partial charge on any atom is -0.396 e. The number of hydrogen-bond acceptors (Lipinski definition) is 2. The smallest absolute Gasteiger partial charge is 0.114 e. The Kier molecular flexibility index (Phi) is 1.46. The maximum atomic E-state index is 8.52. The second kappa shape index (κ2) is 1.85. The van der Waals surface area contributed by atoms with Gasteiger partial charge in [-0.2, -0.15) is 5.26 Å². The zero-order valence-corrected chi connectivity index (χ0v) is 6.42. The summed E-state index contributed by atoms with van der Waals surface area (Å²) >= 11 is 2.09. The summed E-state index contributed by atoms with van der Waals surface area (Å²) in [6, 6.07) is 2.14. The summed E-state index contributed by atoms with van der Waals surface area (Å²) in [4.78, 5) is 0. The number of rotatable bonds is 1. The van der Waals surface area contributed by atoms with Gasteiger partial charge in [0.15, 0.2) is 0 Å². The van der Waals surface area contributed by atoms with E-state index in [2.05, 4.69) is 28.7 Å². The lowest BCUT2D eigenvalue weighted by molar-refractivity contribution is 0.275. The Morgan fingerprint density at radius 2 is 2.62 bits per heavy atom. The van der Waals surface area contributed by atoms with E-state index in [1.807, 2.05) is 0 Å². The topological polar surface area (TPSA) is 44.0 Å². The summed E-state index contributed by atoms with van der Waals surface area (Å²) in [7, 11) is 0. The van der Waals surface area contributed by atoms with E-state index in [-0.39, 0.29) is 15.9 Å². The second-order valence-electron chi connectivity index (χ2n) is 2.06. The Morgan fingerprint density at radius 3 is 2.75 bits per heavy atom. The Balaban J connectivity index is 2.46. The van der Waals surface area contributed by atoms with Crippen LogP contribution in [0.1, 0.15) is 6.42 Å². The summed E-state index contributed by atoms with van der Waals surface area (Å²) in [5, 5.41) is 16.9. The number of aliphatic hydroxyl groups excluding tert-OH is 1. The number of nitrogens with zero attached hydrogens (tertiary/aromatic N) is 1. The van der Waals surface area contributed by atoms with E-state index in [0.717, 1.165) is 6.42 Å². The molecule has 0 amide bonds. The van der Waals surface area contributed by atoms with E-state index < -0.39 is 0 Å². The largest absolute Gasteiger partial charge is 0.396 e. The normalized spacial score (nSPS) is 43.4. The minimum atomic E-state index is -0.216. The van der Waals surface area contributed by atoms with Crippen LogP contribution in [0, 0.1) is 17.2 Å². The first-order chi connectivity index (χ1) is 3.73. The third kappa shape index (κ3) is 0.825. The molecule has 2 nitrogen and oxygen atoms in total. The van der Waals surface area contributed by atoms with Gasteiger partial charge >= 0.3 is 0 Å². The summed E-state index contributed by atoms with van der Waals surface area (Å²) in [6.07, 6.45) is 0.862. The number of aliphatic hydroxyl groups is 1. The molecule has 0 aromatic carbocycles. The Bertz CT molecular complexity index is 142. The van der Waals surface area contributed by atoms with Crippen molar-refractivity contribution in [3.63, 3.8) is 0 Å². The van der Waals surface area contributed by atoms with Gasteiger partial charge in [-0.1, -0.05) is 22.6 Å². The molecular weight excluding hydrogens is 217 g/mol. The lowest BCUT2D eigenvalue weighted by Gasteiger charge is -1.89. The molecule has 1 rings (SSSR count). The van der Waals surface area contributed by atoms with Crippen LogP contribution < -0.4 is 0 Å². The van der Waals surface area contributed by atoms with E-state index >= 15 is 0 Å². The molecule has 1 N–H and O–H groups in total. The molecule has 8 heavy (non-hydrogen) atoms. The molecule has 0 saturated heterocycles. The molecule has 0 aliphatic heterocycles. The molecule has 44 valence electrons. The molecule has 0 bridgehead atoms. The van der Waals surface area contributed by atoms with Gasteiger partial charge in [0.05, 0.1) is 6.07 Å². The van der Waals surface area contributed by atoms with Gasteiger partial charge in [0.1, 0.15) is 3.42 Å². The highest BCUT2D eigenvalue weighted by Gasteiger charge is 2.52. The number of nitriles is 1. The van der Waals surface area contributed by atoms with E-state index in [0.29, 0.717) is 0 Å². The van der Waals surface area contributed by atoms with Gasteiger partial charge in [-0.15, -0.1) is 0 Å². The SMILES string of the molecule is N#C[C@@]1(I)C[C@H]1CO. The van der Waals surface area contributed by atoms with Crippen LogP contribution in [0.2, 0.25) is 0 Å². The minimum absolute atomic E-state index is 0.163. The maximum Gasteiger partial charge on any atom is 0.114 e. The maximum absolute atomic E-state index is 8.52. The zero-order valence-electron chi connectivity index (χ0n) is 4.26. The van der Waals surface area contributed by atoms with Gasteiger partial charge in [-0.05, 0) is 6.42 Å². The number of halogens is 1. The summed E-state index contributed by atoms with van der Waals surface area (Å²) in [5.74, 6) is 0.244. The van der Waals surface area contributed by atoms with Crippen molar-refractivity contribution >= 4 is 22.6 Å². The first kappa shape index (κ1) is 6.30. The summed E-state index contributed by atoms with van der Waals surface area (Å²) in [5.41, 5.74) is 0. The van der Waals surface area contributed by atoms with Gasteiger partial charge in [-0.3, -0.25) is 0 Å². The average Bonchev–Trinajstić information content (AvgIpc) is 2.44. The van der Waals surface area contributed by atoms with Crippen LogP contribution in [-0.4, -0.2) is 15.1 Å². The van der Waals surface area contributed by atoms with E-state index in [1.54, 1.807) is 0 Å². The predicted molar refractivity (Wildman–Crippen MR) is 37.6 cm³/mol. The van der Waals surface area contributed by atoms with Crippen molar-refractivity contribution in [1.29, 1.82) is 5.26 Å². The first-order valence-electron chi connectivity index (χ1n) is 2.44. The predicted octanol–water partition coefficient (Wildman–Crippen LogP) is 0.696. The highest BCUT2D eigenvalue weighted by molar-refractivity contribution is 14.1. The molecule has 0 unspecified atom stereocenters. The van der Waals surface area contributed by atoms with Crippen molar-refractivity contribution in [3.8, 4) is 6.07 Å². The van der Waals surface area contributed by atoms with Crippen molar-refractivity contribution < 1.29 is 5.11 Å². The molecule has 1 saturated carbocycles. The molecule has 0 aromatic rings. The first-order valence-corrected chi connectivity index (χ1v) is 3.52. The summed E-state index contributed by atoms with van der Waals surface area (Å²) in [6.45, 7) is 0.163. The zero-order chi connectivity index (χ0) is 6.20. The molecule has 3 heteroatoms. The summed E-state index contributed by atoms with van der Waals surface area (Å²) < 4.78 is -0.216. The second-order valence-corrected chi connectivity index (χ2v) is 3.98. The quantitative estimate of drug-likeness (QED) is 0.525. The average molecular weight is 223 g/mol. The fourth-order valence-electron chi connectivity index (χ4n) is 0.646. The number of hydrogen-bond donors (Lipinski definition) is 1. The fourth-order valence-corrected chi connectivity index (χ4v) is 1.37. The standard InChI is InChI=1S/C5H6INO/c6-5(3-7)1-4(5)2-8/h4,8H,1-2H2/t4-,5-/m0/s1. The van der Waals surface area contributed by atoms with Crippen molar-refractivity contribution in [2.45, 2.75) is 9.84 Å². The molecule has 1 aliphatic rings. The molecule has 0 radical (unpaired) electrons. The molecular formula is C5H6INO. The van der Waals surface area contributed by atoms with Gasteiger partial charge in [0.2, 0.25) is 0 Å². The van der Waals surface area contributed by atoms with Crippen LogP contribution in [0.25, 0.3) is 0 Å². The van der Waals surface area contributed by atoms with Gasteiger partial charge < -0.3 is 5.11 Å². The van der Waals surface area contributed by atoms with Crippen LogP contribution in [0.4, 0.5) is 0 Å². The number of alkyl halides is 1. The third-order valence-corrected chi connectivity index (χ3v) is 3.00. The Labute approximate surface area is 61.6 Å². The van der Waals surface area contributed by atoms with Gasteiger partial charge in [-0.25, -0.2) is 0 Å². The monoisotopic (exact) mass is 223 g/mol. The van der Waals surface area contributed by atoms with Crippen molar-refractivity contribution in [1.82, 2.24) is 0 Å². The molecule has 0 heterocycles. The van der Waals surface area contributed by atoms with Gasteiger partial charge in [0.25, 0.3) is 0 Å². The van der Waals surface area contributed by atoms with Crippen molar-refractivity contribution in [2.75, 3.05) is 6.61 Å². The van der Waals surface area contributed by atoms with Gasteiger partial charge in [0, 0.05) is 12.5 Å². The van der Waals surface area contributed by atoms with E-state index in [9.17, 15) is 0 Å². The van der Waals surface area contributed by atoms with E-state index in [4.69, 9.17) is 10.4 Å². The van der Waals surface area contributed by atoms with E-state index in [1.165, 1.54) is 0 Å². The Morgan fingerprint density at radius 1 is 2.00 bits per heavy atom. The van der Waals surface area contributed by atoms with Crippen LogP contribution in [0.5, 0.6) is 0 Å². The van der Waals surface area contributed by atoms with Crippen LogP contribution in [0.3, 0.4) is 0 Å². The van der Waals surface area contributed by atoms with Crippen molar-refractivity contribution in [3.05, 3.63) is 0 Å². The highest BCUT2D eigenvalue weighted by atomic mass is 127. The molecule has 0 aromatic heterocycles. The lowest BCUT2D eigenvalue weighted by atomic mass is 10.4. The highest BCUT2D eigenvalue weighted by Crippen LogP contribution is 2.50. The van der Waals surface area contributed by atoms with Crippen LogP contribution in [-0.2, 0) is 0 Å². The fraction of sp³-hybridized carbons (Fsp3) is 0.800. The molecule has 2 atom stereocenters. The Hall–Kier alpha value is 0.180. The molecule has 1 fully saturated rings. The lowest BCUT2D eigenvalue weighted by Crippen LogP contribution is -1.99. The van der Waals surface area contributed by atoms with Crippen LogP contribution >= 0.6 is 22.6 Å². The van der Waals surface area contributed by atoms with Crippen LogP contribution in [0.15, 0.2) is 0 Å². The third-order valence-electron chi connectivity index (χ3n) is 1.44.